The van der Waals surface area contributed by atoms with E-state index in [4.69, 9.17) is 14.2 Å². The fraction of sp³-hybridized carbons (Fsp3) is 0.474. The molecule has 0 aliphatic carbocycles. The summed E-state index contributed by atoms with van der Waals surface area (Å²) in [5.41, 5.74) is 2.01. The van der Waals surface area contributed by atoms with Crippen molar-refractivity contribution in [2.45, 2.75) is 26.2 Å². The molecule has 1 aliphatic heterocycles. The van der Waals surface area contributed by atoms with Crippen molar-refractivity contribution in [1.82, 2.24) is 15.5 Å². The van der Waals surface area contributed by atoms with Crippen LogP contribution in [0.15, 0.2) is 24.4 Å². The first-order valence-electron chi connectivity index (χ1n) is 9.09. The highest BCUT2D eigenvalue weighted by molar-refractivity contribution is 5.99. The number of hydrogen-bond donors (Lipinski definition) is 2. The summed E-state index contributed by atoms with van der Waals surface area (Å²) in [5, 5.41) is 9.84. The number of carbonyl (C=O) groups is 1. The number of benzene rings is 1. The van der Waals surface area contributed by atoms with E-state index in [1.807, 2.05) is 18.2 Å². The largest absolute Gasteiger partial charge is 0.486 e. The molecule has 2 heterocycles. The van der Waals surface area contributed by atoms with E-state index in [1.54, 1.807) is 6.20 Å². The number of carbonyl (C=O) groups excluding carboxylic acids is 1. The number of H-pyrrole nitrogens is 1. The second-order valence-corrected chi connectivity index (χ2v) is 6.09. The molecule has 7 heteroatoms. The van der Waals surface area contributed by atoms with Crippen molar-refractivity contribution in [2.75, 3.05) is 33.0 Å². The van der Waals surface area contributed by atoms with Gasteiger partial charge in [-0.15, -0.1) is 0 Å². The third-order valence-corrected chi connectivity index (χ3v) is 4.11. The summed E-state index contributed by atoms with van der Waals surface area (Å²) in [6.45, 7) is 5.20. The Hall–Kier alpha value is -2.54. The summed E-state index contributed by atoms with van der Waals surface area (Å²) in [5.74, 6) is 1.24. The molecule has 0 fully saturated rings. The number of hydrogen-bond acceptors (Lipinski definition) is 5. The summed E-state index contributed by atoms with van der Waals surface area (Å²) in [7, 11) is 0. The Morgan fingerprint density at radius 1 is 1.23 bits per heavy atom. The second-order valence-electron chi connectivity index (χ2n) is 6.09. The first kappa shape index (κ1) is 18.3. The number of nitrogens with one attached hydrogen (secondary N) is 2. The summed E-state index contributed by atoms with van der Waals surface area (Å²) < 4.78 is 16.6. The van der Waals surface area contributed by atoms with E-state index in [-0.39, 0.29) is 5.91 Å². The first-order valence-corrected chi connectivity index (χ1v) is 9.09. The van der Waals surface area contributed by atoms with Gasteiger partial charge in [-0.05, 0) is 31.0 Å². The zero-order valence-electron chi connectivity index (χ0n) is 15.0. The maximum absolute atomic E-state index is 12.5. The number of unbranched alkanes of at least 4 members (excludes halogenated alkanes) is 1. The number of rotatable bonds is 9. The Morgan fingerprint density at radius 3 is 2.88 bits per heavy atom. The molecule has 0 radical (unpaired) electrons. The van der Waals surface area contributed by atoms with Gasteiger partial charge < -0.3 is 19.5 Å². The molecule has 0 spiro atoms. The van der Waals surface area contributed by atoms with Crippen LogP contribution in [0.3, 0.4) is 0 Å². The van der Waals surface area contributed by atoms with Crippen molar-refractivity contribution in [3.8, 4) is 22.8 Å². The quantitative estimate of drug-likeness (QED) is 0.673. The maximum Gasteiger partial charge on any atom is 0.255 e. The van der Waals surface area contributed by atoms with Gasteiger partial charge in [0.05, 0.1) is 17.5 Å². The van der Waals surface area contributed by atoms with Crippen molar-refractivity contribution < 1.29 is 19.0 Å². The molecular weight excluding hydrogens is 334 g/mol. The van der Waals surface area contributed by atoms with E-state index in [0.717, 1.165) is 31.4 Å². The van der Waals surface area contributed by atoms with E-state index in [0.29, 0.717) is 49.1 Å². The Kier molecular flexibility index (Phi) is 6.49. The molecule has 0 unspecified atom stereocenters. The molecule has 7 nitrogen and oxygen atoms in total. The zero-order valence-corrected chi connectivity index (χ0v) is 15.0. The van der Waals surface area contributed by atoms with Crippen LogP contribution in [-0.4, -0.2) is 49.1 Å². The predicted octanol–water partition coefficient (Wildman–Crippen LogP) is 2.78. The highest BCUT2D eigenvalue weighted by atomic mass is 16.6. The third kappa shape index (κ3) is 4.54. The Labute approximate surface area is 153 Å². The van der Waals surface area contributed by atoms with Crippen LogP contribution in [0.4, 0.5) is 0 Å². The molecule has 26 heavy (non-hydrogen) atoms. The fourth-order valence-electron chi connectivity index (χ4n) is 2.70. The highest BCUT2D eigenvalue weighted by Crippen LogP contribution is 2.34. The molecule has 2 aromatic rings. The highest BCUT2D eigenvalue weighted by Gasteiger charge is 2.18. The molecule has 1 amide bonds. The summed E-state index contributed by atoms with van der Waals surface area (Å²) in [6.07, 6.45) is 4.52. The minimum Gasteiger partial charge on any atom is -0.486 e. The molecule has 2 N–H and O–H groups in total. The number of ether oxygens (including phenoxy) is 3. The molecule has 1 aromatic carbocycles. The predicted molar refractivity (Wildman–Crippen MR) is 97.7 cm³/mol. The van der Waals surface area contributed by atoms with Crippen molar-refractivity contribution in [2.24, 2.45) is 0 Å². The molecule has 1 aromatic heterocycles. The van der Waals surface area contributed by atoms with Crippen LogP contribution in [-0.2, 0) is 4.74 Å². The number of nitrogens with zero attached hydrogens (tertiary/aromatic N) is 1. The molecule has 140 valence electrons. The average Bonchev–Trinajstić information content (AvgIpc) is 3.16. The van der Waals surface area contributed by atoms with Crippen molar-refractivity contribution >= 4 is 5.91 Å². The summed E-state index contributed by atoms with van der Waals surface area (Å²) in [6, 6.07) is 5.60. The lowest BCUT2D eigenvalue weighted by molar-refractivity contribution is 0.0941. The van der Waals surface area contributed by atoms with E-state index >= 15 is 0 Å². The average molecular weight is 359 g/mol. The molecular formula is C19H25N3O4. The van der Waals surface area contributed by atoms with Gasteiger partial charge in [-0.3, -0.25) is 9.89 Å². The van der Waals surface area contributed by atoms with Gasteiger partial charge in [-0.1, -0.05) is 13.3 Å². The van der Waals surface area contributed by atoms with Gasteiger partial charge >= 0.3 is 0 Å². The lowest BCUT2D eigenvalue weighted by Crippen LogP contribution is -2.25. The molecule has 0 atom stereocenters. The van der Waals surface area contributed by atoms with E-state index in [9.17, 15) is 4.79 Å². The zero-order chi connectivity index (χ0) is 18.2. The monoisotopic (exact) mass is 359 g/mol. The van der Waals surface area contributed by atoms with Crippen LogP contribution in [0.25, 0.3) is 11.3 Å². The standard InChI is InChI=1S/C19H25N3O4/c1-2-3-8-24-9-4-7-20-19(23)15-13-21-22-18(15)14-5-6-16-17(12-14)26-11-10-25-16/h5-6,12-13H,2-4,7-11H2,1H3,(H,20,23)(H,21,22). The van der Waals surface area contributed by atoms with Crippen LogP contribution in [0.1, 0.15) is 36.5 Å². The maximum atomic E-state index is 12.5. The van der Waals surface area contributed by atoms with Crippen LogP contribution < -0.4 is 14.8 Å². The second kappa shape index (κ2) is 9.24. The van der Waals surface area contributed by atoms with Crippen LogP contribution >= 0.6 is 0 Å². The molecule has 0 saturated carbocycles. The Morgan fingerprint density at radius 2 is 2.04 bits per heavy atom. The summed E-state index contributed by atoms with van der Waals surface area (Å²) in [4.78, 5) is 12.5. The Bertz CT molecular complexity index is 729. The molecule has 1 aliphatic rings. The van der Waals surface area contributed by atoms with Gasteiger partial charge in [0.1, 0.15) is 13.2 Å². The minimum atomic E-state index is -0.155. The van der Waals surface area contributed by atoms with E-state index < -0.39 is 0 Å². The van der Waals surface area contributed by atoms with Gasteiger partial charge in [0.2, 0.25) is 0 Å². The van der Waals surface area contributed by atoms with Crippen LogP contribution in [0.2, 0.25) is 0 Å². The first-order chi connectivity index (χ1) is 12.8. The smallest absolute Gasteiger partial charge is 0.255 e. The van der Waals surface area contributed by atoms with Crippen molar-refractivity contribution in [3.05, 3.63) is 30.0 Å². The van der Waals surface area contributed by atoms with Gasteiger partial charge in [0.15, 0.2) is 11.5 Å². The number of aromatic amines is 1. The summed E-state index contributed by atoms with van der Waals surface area (Å²) >= 11 is 0. The lowest BCUT2D eigenvalue weighted by Gasteiger charge is -2.18. The van der Waals surface area contributed by atoms with Gasteiger partial charge in [-0.25, -0.2) is 0 Å². The van der Waals surface area contributed by atoms with Crippen molar-refractivity contribution in [3.63, 3.8) is 0 Å². The van der Waals surface area contributed by atoms with Crippen molar-refractivity contribution in [1.29, 1.82) is 0 Å². The molecule has 3 rings (SSSR count). The van der Waals surface area contributed by atoms with Gasteiger partial charge in [0, 0.05) is 25.3 Å². The fourth-order valence-corrected chi connectivity index (χ4v) is 2.70. The Balaban J connectivity index is 1.57. The number of fused-ring (bicyclic) bond motifs is 1. The normalized spacial score (nSPS) is 12.8. The SMILES string of the molecule is CCCCOCCCNC(=O)c1cn[nH]c1-c1ccc2c(c1)OCCO2. The van der Waals surface area contributed by atoms with Gasteiger partial charge in [-0.2, -0.15) is 5.10 Å². The third-order valence-electron chi connectivity index (χ3n) is 4.11. The van der Waals surface area contributed by atoms with Crippen LogP contribution in [0, 0.1) is 0 Å². The topological polar surface area (TPSA) is 85.5 Å². The number of aromatic nitrogens is 2. The molecule has 0 bridgehead atoms. The van der Waals surface area contributed by atoms with Crippen LogP contribution in [0.5, 0.6) is 11.5 Å². The molecule has 0 saturated heterocycles. The minimum absolute atomic E-state index is 0.155. The lowest BCUT2D eigenvalue weighted by atomic mass is 10.1. The van der Waals surface area contributed by atoms with E-state index in [2.05, 4.69) is 22.4 Å². The van der Waals surface area contributed by atoms with E-state index in [1.165, 1.54) is 0 Å². The number of amides is 1. The van der Waals surface area contributed by atoms with Gasteiger partial charge in [0.25, 0.3) is 5.91 Å².